The number of nitro benzene ring substituents is 1. The van der Waals surface area contributed by atoms with Gasteiger partial charge in [0.1, 0.15) is 0 Å². The molecule has 0 aliphatic carbocycles. The molecule has 0 saturated carbocycles. The zero-order valence-corrected chi connectivity index (χ0v) is 14.9. The van der Waals surface area contributed by atoms with Crippen LogP contribution < -0.4 is 31.6 Å². The molecular formula is C16H18BrN3O4. The number of aryl methyl sites for hydroxylation is 2. The number of halogens is 1. The van der Waals surface area contributed by atoms with Gasteiger partial charge in [0.25, 0.3) is 0 Å². The highest BCUT2D eigenvalue weighted by Crippen LogP contribution is 2.29. The van der Waals surface area contributed by atoms with E-state index in [4.69, 9.17) is 4.74 Å². The third kappa shape index (κ3) is 5.31. The molecule has 1 aromatic carbocycles. The molecule has 0 radical (unpaired) electrons. The molecule has 0 spiro atoms. The quantitative estimate of drug-likeness (QED) is 0.395. The van der Waals surface area contributed by atoms with E-state index >= 15 is 0 Å². The van der Waals surface area contributed by atoms with E-state index in [9.17, 15) is 14.9 Å². The molecular weight excluding hydrogens is 378 g/mol. The Balaban J connectivity index is 0.00000288. The molecule has 0 atom stereocenters. The van der Waals surface area contributed by atoms with Crippen LogP contribution in [-0.4, -0.2) is 17.9 Å². The minimum Gasteiger partial charge on any atom is -1.00 e. The Labute approximate surface area is 150 Å². The van der Waals surface area contributed by atoms with Crippen LogP contribution in [0, 0.1) is 17.0 Å². The molecule has 8 heteroatoms. The van der Waals surface area contributed by atoms with Crippen LogP contribution >= 0.6 is 0 Å². The summed E-state index contributed by atoms with van der Waals surface area (Å²) >= 11 is 0. The number of pyridine rings is 1. The maximum Gasteiger partial charge on any atom is 0.312 e. The first-order chi connectivity index (χ1) is 11.0. The molecule has 0 saturated heterocycles. The number of aromatic nitrogens is 1. The van der Waals surface area contributed by atoms with Crippen molar-refractivity contribution in [3.63, 3.8) is 0 Å². The number of benzene rings is 1. The van der Waals surface area contributed by atoms with Crippen molar-refractivity contribution in [2.75, 3.05) is 12.4 Å². The number of rotatable bonds is 6. The zero-order chi connectivity index (χ0) is 16.8. The Morgan fingerprint density at radius 2 is 1.96 bits per heavy atom. The summed E-state index contributed by atoms with van der Waals surface area (Å²) < 4.78 is 6.83. The summed E-state index contributed by atoms with van der Waals surface area (Å²) in [6.07, 6.45) is 4.08. The number of nitrogens with one attached hydrogen (secondary N) is 1. The van der Waals surface area contributed by atoms with E-state index in [1.54, 1.807) is 6.07 Å². The normalized spacial score (nSPS) is 9.75. The largest absolute Gasteiger partial charge is 1.00 e. The fourth-order valence-electron chi connectivity index (χ4n) is 2.05. The average Bonchev–Trinajstić information content (AvgIpc) is 2.54. The fraction of sp³-hybridized carbons (Fsp3) is 0.250. The van der Waals surface area contributed by atoms with Crippen LogP contribution in [0.3, 0.4) is 0 Å². The minimum atomic E-state index is -0.545. The number of carbonyl (C=O) groups excluding carboxylic acids is 1. The number of anilines is 1. The second-order valence-corrected chi connectivity index (χ2v) is 5.06. The van der Waals surface area contributed by atoms with Crippen molar-refractivity contribution in [3.05, 3.63) is 58.4 Å². The minimum absolute atomic E-state index is 0. The van der Waals surface area contributed by atoms with Crippen LogP contribution in [-0.2, 0) is 11.3 Å². The van der Waals surface area contributed by atoms with Crippen molar-refractivity contribution >= 4 is 17.3 Å². The molecule has 24 heavy (non-hydrogen) atoms. The number of methoxy groups -OCH3 is 1. The summed E-state index contributed by atoms with van der Waals surface area (Å²) in [5.41, 5.74) is 1.34. The first-order valence-corrected chi connectivity index (χ1v) is 7.07. The van der Waals surface area contributed by atoms with Gasteiger partial charge in [0.2, 0.25) is 5.91 Å². The van der Waals surface area contributed by atoms with E-state index in [1.807, 2.05) is 36.0 Å². The predicted molar refractivity (Wildman–Crippen MR) is 84.3 cm³/mol. The molecule has 2 aromatic rings. The van der Waals surface area contributed by atoms with Gasteiger partial charge >= 0.3 is 5.69 Å². The lowest BCUT2D eigenvalue weighted by molar-refractivity contribution is -0.695. The van der Waals surface area contributed by atoms with Crippen LogP contribution in [0.2, 0.25) is 0 Å². The molecule has 0 aliphatic rings. The average molecular weight is 396 g/mol. The molecule has 128 valence electrons. The van der Waals surface area contributed by atoms with E-state index in [0.29, 0.717) is 12.2 Å². The smallest absolute Gasteiger partial charge is 0.312 e. The van der Waals surface area contributed by atoms with Crippen molar-refractivity contribution in [2.24, 2.45) is 0 Å². The Morgan fingerprint density at radius 1 is 1.29 bits per heavy atom. The van der Waals surface area contributed by atoms with Gasteiger partial charge in [-0.05, 0) is 24.6 Å². The Hall–Kier alpha value is -2.48. The van der Waals surface area contributed by atoms with E-state index < -0.39 is 4.92 Å². The Morgan fingerprint density at radius 3 is 2.54 bits per heavy atom. The third-order valence-corrected chi connectivity index (χ3v) is 3.31. The van der Waals surface area contributed by atoms with Crippen molar-refractivity contribution in [2.45, 2.75) is 19.9 Å². The van der Waals surface area contributed by atoms with Gasteiger partial charge in [-0.2, -0.15) is 0 Å². The molecule has 1 N–H and O–H groups in total. The molecule has 0 aliphatic heterocycles. The fourth-order valence-corrected chi connectivity index (χ4v) is 2.05. The van der Waals surface area contributed by atoms with Crippen molar-refractivity contribution in [3.8, 4) is 5.75 Å². The highest BCUT2D eigenvalue weighted by molar-refractivity contribution is 5.91. The summed E-state index contributed by atoms with van der Waals surface area (Å²) in [7, 11) is 1.36. The molecule has 0 fully saturated rings. The monoisotopic (exact) mass is 395 g/mol. The third-order valence-electron chi connectivity index (χ3n) is 3.31. The van der Waals surface area contributed by atoms with Crippen LogP contribution in [0.1, 0.15) is 12.0 Å². The topological polar surface area (TPSA) is 85.3 Å². The SMILES string of the molecule is COc1ccc(NC(=O)CC[n+]2ccc(C)cc2)cc1[N+](=O)[O-].[Br-]. The highest BCUT2D eigenvalue weighted by atomic mass is 79.9. The molecule has 7 nitrogen and oxygen atoms in total. The summed E-state index contributed by atoms with van der Waals surface area (Å²) in [6, 6.07) is 8.25. The Bertz CT molecular complexity index is 720. The Kier molecular flexibility index (Phi) is 7.31. The van der Waals surface area contributed by atoms with Crippen molar-refractivity contribution in [1.82, 2.24) is 0 Å². The van der Waals surface area contributed by atoms with Gasteiger partial charge in [0.05, 0.1) is 18.5 Å². The number of hydrogen-bond donors (Lipinski definition) is 1. The van der Waals surface area contributed by atoms with Gasteiger partial charge in [-0.1, -0.05) is 0 Å². The van der Waals surface area contributed by atoms with Gasteiger partial charge in [-0.25, -0.2) is 4.57 Å². The zero-order valence-electron chi connectivity index (χ0n) is 13.4. The van der Waals surface area contributed by atoms with Crippen LogP contribution in [0.25, 0.3) is 0 Å². The summed E-state index contributed by atoms with van der Waals surface area (Å²) in [4.78, 5) is 22.4. The number of carbonyl (C=O) groups is 1. The van der Waals surface area contributed by atoms with Crippen LogP contribution in [0.4, 0.5) is 11.4 Å². The lowest BCUT2D eigenvalue weighted by atomic mass is 10.2. The van der Waals surface area contributed by atoms with E-state index in [-0.39, 0.29) is 40.7 Å². The summed E-state index contributed by atoms with van der Waals surface area (Å²) in [6.45, 7) is 2.53. The number of hydrogen-bond acceptors (Lipinski definition) is 4. The lowest BCUT2D eigenvalue weighted by Crippen LogP contribution is -3.00. The first kappa shape index (κ1) is 19.6. The molecule has 2 rings (SSSR count). The maximum atomic E-state index is 12.0. The predicted octanol–water partition coefficient (Wildman–Crippen LogP) is -0.768. The second-order valence-electron chi connectivity index (χ2n) is 5.06. The van der Waals surface area contributed by atoms with Gasteiger partial charge in [-0.3, -0.25) is 14.9 Å². The lowest BCUT2D eigenvalue weighted by Gasteiger charge is -2.06. The van der Waals surface area contributed by atoms with E-state index in [2.05, 4.69) is 5.32 Å². The number of amides is 1. The van der Waals surface area contributed by atoms with Gasteiger partial charge in [0.15, 0.2) is 24.7 Å². The van der Waals surface area contributed by atoms with Crippen LogP contribution in [0.15, 0.2) is 42.7 Å². The number of nitro groups is 1. The van der Waals surface area contributed by atoms with Crippen molar-refractivity contribution < 1.29 is 36.0 Å². The van der Waals surface area contributed by atoms with E-state index in [0.717, 1.165) is 5.56 Å². The molecule has 0 bridgehead atoms. The molecule has 1 heterocycles. The second kappa shape index (κ2) is 8.97. The number of ether oxygens (including phenoxy) is 1. The van der Waals surface area contributed by atoms with Gasteiger partial charge < -0.3 is 27.0 Å². The van der Waals surface area contributed by atoms with E-state index in [1.165, 1.54) is 19.2 Å². The first-order valence-electron chi connectivity index (χ1n) is 7.07. The number of nitrogens with zero attached hydrogens (tertiary/aromatic N) is 2. The maximum absolute atomic E-state index is 12.0. The summed E-state index contributed by atoms with van der Waals surface area (Å²) in [5, 5.41) is 13.6. The highest BCUT2D eigenvalue weighted by Gasteiger charge is 2.16. The van der Waals surface area contributed by atoms with Gasteiger partial charge in [-0.15, -0.1) is 0 Å². The summed E-state index contributed by atoms with van der Waals surface area (Å²) in [5.74, 6) is -0.0549. The molecule has 0 unspecified atom stereocenters. The van der Waals surface area contributed by atoms with Crippen LogP contribution in [0.5, 0.6) is 5.75 Å². The van der Waals surface area contributed by atoms with Gasteiger partial charge in [0, 0.05) is 23.9 Å². The molecule has 1 amide bonds. The van der Waals surface area contributed by atoms with Crippen molar-refractivity contribution in [1.29, 1.82) is 0 Å². The molecule has 1 aromatic heterocycles. The standard InChI is InChI=1S/C16H17N3O4.BrH/c1-12-5-8-18(9-6-12)10-7-16(20)17-13-3-4-15(23-2)14(11-13)19(21)22;/h3-6,8-9,11H,7,10H2,1-2H3;1H.